The molecule has 0 saturated heterocycles. The van der Waals surface area contributed by atoms with Crippen molar-refractivity contribution in [2.75, 3.05) is 0 Å². The van der Waals surface area contributed by atoms with Gasteiger partial charge in [-0.3, -0.25) is 0 Å². The minimum absolute atomic E-state index is 0.0625. The predicted molar refractivity (Wildman–Crippen MR) is 35.2 cm³/mol. The van der Waals surface area contributed by atoms with Crippen molar-refractivity contribution in [1.82, 2.24) is 0 Å². The monoisotopic (exact) mass is 140 g/mol. The lowest BCUT2D eigenvalue weighted by molar-refractivity contribution is -0.106. The van der Waals surface area contributed by atoms with Crippen LogP contribution in [0.5, 0.6) is 0 Å². The summed E-state index contributed by atoms with van der Waals surface area (Å²) in [6.45, 7) is -3.92. The van der Waals surface area contributed by atoms with Gasteiger partial charge >= 0.3 is 0 Å². The van der Waals surface area contributed by atoms with Gasteiger partial charge in [0.05, 0.1) is 0 Å². The number of aldehydes is 3. The molecule has 0 spiro atoms. The van der Waals surface area contributed by atoms with Crippen LogP contribution in [0.3, 0.4) is 0 Å². The molecule has 0 saturated carbocycles. The molecule has 0 unspecified atom stereocenters. The average Bonchev–Trinajstić information content (AvgIpc) is 2.01. The molecule has 0 aromatic carbocycles. The van der Waals surface area contributed by atoms with Crippen molar-refractivity contribution in [3.8, 4) is 0 Å². The van der Waals surface area contributed by atoms with E-state index in [0.717, 1.165) is 0 Å². The summed E-state index contributed by atoms with van der Waals surface area (Å²) in [6.07, 6.45) is -2.15. The fourth-order valence-corrected chi connectivity index (χ4v) is 0. The summed E-state index contributed by atoms with van der Waals surface area (Å²) in [5.41, 5.74) is 0. The van der Waals surface area contributed by atoms with Gasteiger partial charge in [0.25, 0.3) is 0 Å². The zero-order valence-corrected chi connectivity index (χ0v) is 4.80. The van der Waals surface area contributed by atoms with E-state index in [-0.39, 0.29) is 6.29 Å². The van der Waals surface area contributed by atoms with Crippen molar-refractivity contribution in [2.24, 2.45) is 0 Å². The highest BCUT2D eigenvalue weighted by atomic mass is 16.1. The Bertz CT molecular complexity index is 249. The topological polar surface area (TPSA) is 51.2 Å². The standard InChI is InChI=1S/3C2H4O/c3*1-2-3/h3*2H,1H3/i1D3,2D;2D;1D3. The molecule has 3 nitrogen and oxygen atoms in total. The third-order valence-electron chi connectivity index (χ3n) is 0. The van der Waals surface area contributed by atoms with Gasteiger partial charge in [0.15, 0.2) is 0 Å². The number of hydrogen-bond acceptors (Lipinski definition) is 3. The number of carbonyl (C=O) groups is 3. The minimum Gasteiger partial charge on any atom is -0.304 e. The molecule has 0 rings (SSSR count). The third-order valence-corrected chi connectivity index (χ3v) is 0. The first-order valence-corrected chi connectivity index (χ1v) is 1.68. The highest BCUT2D eigenvalue weighted by molar-refractivity contribution is 5.44. The maximum Gasteiger partial charge on any atom is 0.116 e. The molecule has 0 aromatic rings. The van der Waals surface area contributed by atoms with Crippen LogP contribution in [0.25, 0.3) is 0 Å². The lowest BCUT2D eigenvalue weighted by Crippen LogP contribution is -1.36. The SMILES string of the molecule is [2H]C(=O)C([2H])([2H])[2H].[2H]C(C)=O.[2H]C([2H])([2H])C=O. The molecule has 0 radical (unpaired) electrons. The van der Waals surface area contributed by atoms with Crippen molar-refractivity contribution in [1.29, 1.82) is 0 Å². The normalized spacial score (nSPS) is 20.1. The van der Waals surface area contributed by atoms with Crippen LogP contribution in [0.15, 0.2) is 0 Å². The third kappa shape index (κ3) is 180. The summed E-state index contributed by atoms with van der Waals surface area (Å²) < 4.78 is 49.0. The molecule has 0 N–H and O–H groups in total. The number of rotatable bonds is 0. The van der Waals surface area contributed by atoms with Crippen LogP contribution in [0.1, 0.15) is 31.6 Å². The average molecular weight is 140 g/mol. The Morgan fingerprint density at radius 1 is 1.22 bits per heavy atom. The van der Waals surface area contributed by atoms with Gasteiger partial charge in [-0.25, -0.2) is 0 Å². The second-order valence-corrected chi connectivity index (χ2v) is 0.424. The van der Waals surface area contributed by atoms with E-state index in [9.17, 15) is 9.59 Å². The van der Waals surface area contributed by atoms with Crippen molar-refractivity contribution in [2.45, 2.75) is 20.6 Å². The first-order chi connectivity index (χ1) is 7.24. The maximum atomic E-state index is 9.57. The van der Waals surface area contributed by atoms with Gasteiger partial charge in [0.1, 0.15) is 21.6 Å². The van der Waals surface area contributed by atoms with Crippen LogP contribution < -0.4 is 0 Å². The second-order valence-electron chi connectivity index (χ2n) is 0.424. The lowest BCUT2D eigenvalue weighted by Gasteiger charge is -1.24. The summed E-state index contributed by atoms with van der Waals surface area (Å²) in [5, 5.41) is 0. The highest BCUT2D eigenvalue weighted by Gasteiger charge is 1.25. The molecule has 54 valence electrons. The van der Waals surface area contributed by atoms with E-state index in [1.54, 1.807) is 0 Å². The Morgan fingerprint density at radius 2 is 1.44 bits per heavy atom. The van der Waals surface area contributed by atoms with Gasteiger partial charge in [-0.15, -0.1) is 0 Å². The summed E-state index contributed by atoms with van der Waals surface area (Å²) in [5.74, 6) is 0. The predicted octanol–water partition coefficient (Wildman–Crippen LogP) is 0.616. The fourth-order valence-electron chi connectivity index (χ4n) is 0. The summed E-state index contributed by atoms with van der Waals surface area (Å²) in [4.78, 5) is 27.9. The smallest absolute Gasteiger partial charge is 0.116 e. The van der Waals surface area contributed by atoms with Crippen LogP contribution in [-0.4, -0.2) is 18.8 Å². The molecule has 0 fully saturated rings. The van der Waals surface area contributed by atoms with E-state index in [1.807, 2.05) is 0 Å². The molecular formula is C6H12O3. The Labute approximate surface area is 66.3 Å². The van der Waals surface area contributed by atoms with Gasteiger partial charge in [-0.1, -0.05) is 0 Å². The Balaban J connectivity index is -0.000000180. The number of hydrogen-bond donors (Lipinski definition) is 0. The summed E-state index contributed by atoms with van der Waals surface area (Å²) in [7, 11) is 0. The van der Waals surface area contributed by atoms with Crippen LogP contribution in [0, 0.1) is 0 Å². The molecule has 0 atom stereocenters. The first kappa shape index (κ1) is 2.33. The van der Waals surface area contributed by atoms with Crippen molar-refractivity contribution in [3.05, 3.63) is 0 Å². The van der Waals surface area contributed by atoms with Gasteiger partial charge in [-0.2, -0.15) is 0 Å². The zero-order valence-electron chi connectivity index (χ0n) is 12.8. The molecule has 0 aliphatic carbocycles. The molecular weight excluding hydrogens is 120 g/mol. The van der Waals surface area contributed by atoms with Gasteiger partial charge in [0, 0.05) is 8.22 Å². The summed E-state index contributed by atoms with van der Waals surface area (Å²) in [6, 6.07) is 0. The van der Waals surface area contributed by atoms with Crippen LogP contribution >= 0.6 is 0 Å². The van der Waals surface area contributed by atoms with Crippen molar-refractivity contribution < 1.29 is 25.3 Å². The van der Waals surface area contributed by atoms with Gasteiger partial charge in [0.2, 0.25) is 0 Å². The Kier molecular flexibility index (Phi) is 16.2. The van der Waals surface area contributed by atoms with Gasteiger partial charge < -0.3 is 14.4 Å². The van der Waals surface area contributed by atoms with E-state index in [1.165, 1.54) is 6.92 Å². The molecule has 9 heavy (non-hydrogen) atoms. The molecule has 0 aliphatic heterocycles. The Hall–Kier alpha value is -0.990. The maximum absolute atomic E-state index is 9.57. The van der Waals surface area contributed by atoms with Crippen LogP contribution in [-0.2, 0) is 14.4 Å². The summed E-state index contributed by atoms with van der Waals surface area (Å²) >= 11 is 0. The molecule has 0 amide bonds. The molecule has 0 aromatic heterocycles. The molecule has 3 heteroatoms. The highest BCUT2D eigenvalue weighted by Crippen LogP contribution is 1.13. The molecule has 0 bridgehead atoms. The fraction of sp³-hybridized carbons (Fsp3) is 0.500. The second kappa shape index (κ2) is 62.7. The van der Waals surface area contributed by atoms with Gasteiger partial charge in [-0.05, 0) is 20.6 Å². The quantitative estimate of drug-likeness (QED) is 0.463. The zero-order chi connectivity index (χ0) is 14.9. The van der Waals surface area contributed by atoms with Crippen molar-refractivity contribution in [3.63, 3.8) is 0 Å². The van der Waals surface area contributed by atoms with E-state index in [2.05, 4.69) is 0 Å². The van der Waals surface area contributed by atoms with E-state index < -0.39 is 26.2 Å². The molecule has 0 heterocycles. The van der Waals surface area contributed by atoms with Crippen LogP contribution in [0.4, 0.5) is 0 Å². The van der Waals surface area contributed by atoms with E-state index in [4.69, 9.17) is 15.8 Å². The van der Waals surface area contributed by atoms with Crippen LogP contribution in [0.2, 0.25) is 0 Å². The largest absolute Gasteiger partial charge is 0.304 e. The number of carbonyl (C=O) groups excluding carboxylic acids is 3. The Morgan fingerprint density at radius 3 is 1.44 bits per heavy atom. The molecule has 0 aliphatic rings. The first-order valence-electron chi connectivity index (χ1n) is 5.68. The minimum atomic E-state index is -2.72. The lowest BCUT2D eigenvalue weighted by atomic mass is 11.0. The van der Waals surface area contributed by atoms with E-state index >= 15 is 0 Å². The van der Waals surface area contributed by atoms with E-state index in [0.29, 0.717) is 0 Å². The van der Waals surface area contributed by atoms with Crippen molar-refractivity contribution >= 4 is 18.8 Å².